The number of hydrogen-bond donors (Lipinski definition) is 0. The van der Waals surface area contributed by atoms with Crippen molar-refractivity contribution < 1.29 is 24.0 Å². The van der Waals surface area contributed by atoms with Crippen molar-refractivity contribution in [2.24, 2.45) is 0 Å². The minimum Gasteiger partial charge on any atom is -0.469 e. The third-order valence-electron chi connectivity index (χ3n) is 3.16. The zero-order valence-electron chi connectivity index (χ0n) is 11.2. The number of carbonyl (C=O) groups excluding carboxylic acids is 3. The SMILES string of the molecule is COC(=O)CCCN1C(=O)c2ccc([N+](=O)[O-])cc2C1=O. The molecule has 1 aliphatic rings. The summed E-state index contributed by atoms with van der Waals surface area (Å²) in [6.07, 6.45) is 0.365. The summed E-state index contributed by atoms with van der Waals surface area (Å²) in [6.45, 7) is 0.0647. The molecule has 0 atom stereocenters. The summed E-state index contributed by atoms with van der Waals surface area (Å²) in [4.78, 5) is 46.2. The van der Waals surface area contributed by atoms with Gasteiger partial charge >= 0.3 is 5.97 Å². The number of benzene rings is 1. The van der Waals surface area contributed by atoms with E-state index in [2.05, 4.69) is 4.74 Å². The quantitative estimate of drug-likeness (QED) is 0.348. The van der Waals surface area contributed by atoms with Gasteiger partial charge in [-0.2, -0.15) is 0 Å². The average Bonchev–Trinajstić information content (AvgIpc) is 2.71. The summed E-state index contributed by atoms with van der Waals surface area (Å²) in [7, 11) is 1.25. The van der Waals surface area contributed by atoms with E-state index in [1.165, 1.54) is 19.2 Å². The third kappa shape index (κ3) is 2.73. The highest BCUT2D eigenvalue weighted by Gasteiger charge is 2.36. The van der Waals surface area contributed by atoms with Gasteiger partial charge in [-0.3, -0.25) is 29.4 Å². The average molecular weight is 292 g/mol. The van der Waals surface area contributed by atoms with Gasteiger partial charge in [0.2, 0.25) is 0 Å². The molecule has 0 spiro atoms. The van der Waals surface area contributed by atoms with Crippen LogP contribution in [0.1, 0.15) is 33.6 Å². The first kappa shape index (κ1) is 14.6. The number of ether oxygens (including phenoxy) is 1. The summed E-state index contributed by atoms with van der Waals surface area (Å²) in [6, 6.07) is 3.55. The monoisotopic (exact) mass is 292 g/mol. The van der Waals surface area contributed by atoms with E-state index in [1.807, 2.05) is 0 Å². The Morgan fingerprint density at radius 1 is 1.29 bits per heavy atom. The Morgan fingerprint density at radius 3 is 2.57 bits per heavy atom. The number of amides is 2. The Morgan fingerprint density at radius 2 is 1.95 bits per heavy atom. The number of esters is 1. The van der Waals surface area contributed by atoms with Gasteiger partial charge in [-0.05, 0) is 12.5 Å². The summed E-state index contributed by atoms with van der Waals surface area (Å²) in [5, 5.41) is 10.7. The topological polar surface area (TPSA) is 107 Å². The van der Waals surface area contributed by atoms with Gasteiger partial charge in [-0.25, -0.2) is 0 Å². The zero-order chi connectivity index (χ0) is 15.6. The Hall–Kier alpha value is -2.77. The number of nitro groups is 1. The highest BCUT2D eigenvalue weighted by molar-refractivity contribution is 6.21. The Labute approximate surface area is 119 Å². The molecule has 1 heterocycles. The van der Waals surface area contributed by atoms with Crippen LogP contribution < -0.4 is 0 Å². The minimum atomic E-state index is -0.627. The van der Waals surface area contributed by atoms with Crippen LogP contribution in [-0.2, 0) is 9.53 Å². The van der Waals surface area contributed by atoms with E-state index in [0.717, 1.165) is 11.0 Å². The molecule has 0 radical (unpaired) electrons. The minimum absolute atomic E-state index is 0.0206. The van der Waals surface area contributed by atoms with Crippen LogP contribution in [-0.4, -0.2) is 41.3 Å². The number of carbonyl (C=O) groups is 3. The van der Waals surface area contributed by atoms with Crippen LogP contribution in [0.3, 0.4) is 0 Å². The molecule has 110 valence electrons. The highest BCUT2D eigenvalue weighted by atomic mass is 16.6. The van der Waals surface area contributed by atoms with Crippen molar-refractivity contribution >= 4 is 23.5 Å². The van der Waals surface area contributed by atoms with Crippen molar-refractivity contribution in [2.75, 3.05) is 13.7 Å². The van der Waals surface area contributed by atoms with Crippen LogP contribution in [0.25, 0.3) is 0 Å². The molecule has 0 saturated carbocycles. The fraction of sp³-hybridized carbons (Fsp3) is 0.308. The number of imide groups is 1. The summed E-state index contributed by atoms with van der Waals surface area (Å²) >= 11 is 0. The van der Waals surface area contributed by atoms with E-state index in [0.29, 0.717) is 0 Å². The largest absolute Gasteiger partial charge is 0.469 e. The Kier molecular flexibility index (Phi) is 3.97. The molecule has 8 heteroatoms. The van der Waals surface area contributed by atoms with Crippen molar-refractivity contribution in [1.29, 1.82) is 0 Å². The van der Waals surface area contributed by atoms with Gasteiger partial charge in [0.25, 0.3) is 17.5 Å². The van der Waals surface area contributed by atoms with Gasteiger partial charge in [-0.1, -0.05) is 0 Å². The van der Waals surface area contributed by atoms with Gasteiger partial charge < -0.3 is 4.74 Å². The zero-order valence-corrected chi connectivity index (χ0v) is 11.2. The molecule has 1 aromatic carbocycles. The Bertz CT molecular complexity index is 640. The van der Waals surface area contributed by atoms with Crippen molar-refractivity contribution in [3.8, 4) is 0 Å². The lowest BCUT2D eigenvalue weighted by Gasteiger charge is -2.12. The molecule has 0 N–H and O–H groups in total. The molecular weight excluding hydrogens is 280 g/mol. The first-order valence-electron chi connectivity index (χ1n) is 6.17. The second-order valence-corrected chi connectivity index (χ2v) is 4.43. The smallest absolute Gasteiger partial charge is 0.305 e. The summed E-state index contributed by atoms with van der Waals surface area (Å²) in [5.74, 6) is -1.51. The molecule has 2 rings (SSSR count). The second kappa shape index (κ2) is 5.70. The molecule has 0 unspecified atom stereocenters. The standard InChI is InChI=1S/C13H12N2O6/c1-21-11(16)3-2-6-14-12(17)9-5-4-8(15(19)20)7-10(9)13(14)18/h4-5,7H,2-3,6H2,1H3. The van der Waals surface area contributed by atoms with Crippen LogP contribution in [0.5, 0.6) is 0 Å². The molecule has 21 heavy (non-hydrogen) atoms. The van der Waals surface area contributed by atoms with Gasteiger partial charge in [0.05, 0.1) is 23.2 Å². The fourth-order valence-electron chi connectivity index (χ4n) is 2.08. The maximum atomic E-state index is 12.1. The van der Waals surface area contributed by atoms with E-state index in [9.17, 15) is 24.5 Å². The summed E-state index contributed by atoms with van der Waals surface area (Å²) < 4.78 is 4.47. The maximum Gasteiger partial charge on any atom is 0.305 e. The molecule has 1 aliphatic heterocycles. The lowest BCUT2D eigenvalue weighted by molar-refractivity contribution is -0.384. The number of nitro benzene ring substituents is 1. The molecule has 2 amide bonds. The number of hydrogen-bond acceptors (Lipinski definition) is 6. The number of fused-ring (bicyclic) bond motifs is 1. The van der Waals surface area contributed by atoms with Gasteiger partial charge in [0, 0.05) is 25.1 Å². The highest BCUT2D eigenvalue weighted by Crippen LogP contribution is 2.26. The molecule has 0 fully saturated rings. The third-order valence-corrected chi connectivity index (χ3v) is 3.16. The molecule has 0 aliphatic carbocycles. The lowest BCUT2D eigenvalue weighted by Crippen LogP contribution is -2.31. The van der Waals surface area contributed by atoms with Crippen LogP contribution in [0, 0.1) is 10.1 Å². The van der Waals surface area contributed by atoms with Crippen LogP contribution in [0.4, 0.5) is 5.69 Å². The van der Waals surface area contributed by atoms with Crippen LogP contribution in [0.15, 0.2) is 18.2 Å². The second-order valence-electron chi connectivity index (χ2n) is 4.43. The Balaban J connectivity index is 2.14. The maximum absolute atomic E-state index is 12.1. The number of nitrogens with zero attached hydrogens (tertiary/aromatic N) is 2. The molecule has 0 bridgehead atoms. The van der Waals surface area contributed by atoms with Crippen molar-refractivity contribution in [2.45, 2.75) is 12.8 Å². The summed E-state index contributed by atoms with van der Waals surface area (Å²) in [5.41, 5.74) is -0.0813. The van der Waals surface area contributed by atoms with E-state index < -0.39 is 22.7 Å². The molecular formula is C13H12N2O6. The molecule has 8 nitrogen and oxygen atoms in total. The van der Waals surface area contributed by atoms with E-state index in [-0.39, 0.29) is 36.2 Å². The van der Waals surface area contributed by atoms with Gasteiger partial charge in [0.1, 0.15) is 0 Å². The van der Waals surface area contributed by atoms with Crippen molar-refractivity contribution in [3.63, 3.8) is 0 Å². The number of non-ortho nitro benzene ring substituents is 1. The fourth-order valence-corrected chi connectivity index (χ4v) is 2.08. The van der Waals surface area contributed by atoms with Gasteiger partial charge in [0.15, 0.2) is 0 Å². The van der Waals surface area contributed by atoms with E-state index in [1.54, 1.807) is 0 Å². The predicted molar refractivity (Wildman–Crippen MR) is 69.7 cm³/mol. The number of methoxy groups -OCH3 is 1. The van der Waals surface area contributed by atoms with E-state index in [4.69, 9.17) is 0 Å². The normalized spacial score (nSPS) is 13.3. The van der Waals surface area contributed by atoms with Gasteiger partial charge in [-0.15, -0.1) is 0 Å². The molecule has 0 aromatic heterocycles. The van der Waals surface area contributed by atoms with Crippen LogP contribution >= 0.6 is 0 Å². The predicted octanol–water partition coefficient (Wildman–Crippen LogP) is 1.14. The van der Waals surface area contributed by atoms with Crippen molar-refractivity contribution in [1.82, 2.24) is 4.90 Å². The van der Waals surface area contributed by atoms with Crippen molar-refractivity contribution in [3.05, 3.63) is 39.4 Å². The molecule has 0 saturated heterocycles. The van der Waals surface area contributed by atoms with E-state index >= 15 is 0 Å². The molecule has 1 aromatic rings. The first-order chi connectivity index (χ1) is 9.95. The lowest BCUT2D eigenvalue weighted by atomic mass is 10.1. The first-order valence-corrected chi connectivity index (χ1v) is 6.17. The number of rotatable bonds is 5. The van der Waals surface area contributed by atoms with Crippen LogP contribution in [0.2, 0.25) is 0 Å².